The number of piperidine rings is 2. The van der Waals surface area contributed by atoms with Gasteiger partial charge in [-0.2, -0.15) is 0 Å². The van der Waals surface area contributed by atoms with Crippen molar-refractivity contribution in [2.24, 2.45) is 5.41 Å². The van der Waals surface area contributed by atoms with E-state index in [4.69, 9.17) is 4.74 Å². The van der Waals surface area contributed by atoms with Crippen molar-refractivity contribution in [1.82, 2.24) is 15.5 Å². The third-order valence-electron chi connectivity index (χ3n) is 5.77. The highest BCUT2D eigenvalue weighted by molar-refractivity contribution is 6.00. The van der Waals surface area contributed by atoms with Crippen molar-refractivity contribution >= 4 is 17.9 Å². The minimum absolute atomic E-state index is 0.151. The molecule has 1 unspecified atom stereocenters. The summed E-state index contributed by atoms with van der Waals surface area (Å²) in [5, 5.41) is 5.56. The first-order chi connectivity index (χ1) is 13.0. The third-order valence-corrected chi connectivity index (χ3v) is 5.77. The highest BCUT2D eigenvalue weighted by atomic mass is 19.1. The van der Waals surface area contributed by atoms with Crippen LogP contribution in [0.15, 0.2) is 18.2 Å². The number of carbonyl (C=O) groups is 3. The Labute approximate surface area is 156 Å². The van der Waals surface area contributed by atoms with Crippen molar-refractivity contribution in [3.63, 3.8) is 0 Å². The summed E-state index contributed by atoms with van der Waals surface area (Å²) in [5.74, 6) is -2.16. The monoisotopic (exact) mass is 375 g/mol. The molecule has 0 aliphatic carbocycles. The summed E-state index contributed by atoms with van der Waals surface area (Å²) in [4.78, 5) is 37.0. The van der Waals surface area contributed by atoms with Crippen LogP contribution in [0.25, 0.3) is 0 Å². The molecule has 0 radical (unpaired) electrons. The largest absolute Gasteiger partial charge is 0.415 e. The summed E-state index contributed by atoms with van der Waals surface area (Å²) in [5.41, 5.74) is 0.647. The van der Waals surface area contributed by atoms with E-state index in [0.29, 0.717) is 25.1 Å². The van der Waals surface area contributed by atoms with Gasteiger partial charge in [-0.3, -0.25) is 14.9 Å². The summed E-state index contributed by atoms with van der Waals surface area (Å²) >= 11 is 0. The fraction of sp³-hybridized carbons (Fsp3) is 0.526. The Morgan fingerprint density at radius 3 is 2.63 bits per heavy atom. The second-order valence-electron chi connectivity index (χ2n) is 7.67. The Balaban J connectivity index is 1.38. The Hall–Kier alpha value is -2.48. The van der Waals surface area contributed by atoms with Crippen LogP contribution in [0.3, 0.4) is 0 Å². The van der Waals surface area contributed by atoms with Crippen LogP contribution in [0.5, 0.6) is 5.75 Å². The average Bonchev–Trinajstić information content (AvgIpc) is 2.62. The van der Waals surface area contributed by atoms with Crippen molar-refractivity contribution in [2.75, 3.05) is 26.2 Å². The van der Waals surface area contributed by atoms with Crippen LogP contribution in [0, 0.1) is 11.2 Å². The van der Waals surface area contributed by atoms with E-state index in [9.17, 15) is 18.8 Å². The first kappa shape index (κ1) is 17.9. The first-order valence-corrected chi connectivity index (χ1v) is 9.26. The van der Waals surface area contributed by atoms with Gasteiger partial charge in [0.15, 0.2) is 11.6 Å². The normalized spacial score (nSPS) is 24.3. The van der Waals surface area contributed by atoms with Crippen LogP contribution in [-0.4, -0.2) is 49.0 Å². The second-order valence-corrected chi connectivity index (χ2v) is 7.67. The van der Waals surface area contributed by atoms with Crippen molar-refractivity contribution in [3.05, 3.63) is 29.6 Å². The summed E-state index contributed by atoms with van der Waals surface area (Å²) < 4.78 is 19.6. The smallest absolute Gasteiger partial charge is 0.407 e. The average molecular weight is 375 g/mol. The number of hydrogen-bond donors (Lipinski definition) is 2. The van der Waals surface area contributed by atoms with Gasteiger partial charge in [-0.15, -0.1) is 0 Å². The number of carbonyl (C=O) groups excluding carboxylic acids is 3. The molecule has 1 spiro atoms. The zero-order chi connectivity index (χ0) is 19.0. The van der Waals surface area contributed by atoms with E-state index in [0.717, 1.165) is 25.9 Å². The molecule has 3 aliphatic heterocycles. The SMILES string of the molecule is O=C1CCC(c2ccc(OC(=O)N3CC4(CCNCC4)C3)c(F)c2)C(=O)N1. The van der Waals surface area contributed by atoms with Crippen molar-refractivity contribution < 1.29 is 23.5 Å². The molecule has 3 amide bonds. The highest BCUT2D eigenvalue weighted by Gasteiger charge is 2.46. The molecular formula is C19H22FN3O4. The zero-order valence-electron chi connectivity index (χ0n) is 14.9. The van der Waals surface area contributed by atoms with Gasteiger partial charge in [0.05, 0.1) is 5.92 Å². The molecule has 4 rings (SSSR count). The van der Waals surface area contributed by atoms with Crippen LogP contribution < -0.4 is 15.4 Å². The Bertz CT molecular complexity index is 783. The quantitative estimate of drug-likeness (QED) is 0.766. The van der Waals surface area contributed by atoms with E-state index < -0.39 is 23.7 Å². The molecule has 3 aliphatic rings. The first-order valence-electron chi connectivity index (χ1n) is 9.26. The molecule has 1 aromatic rings. The number of hydrogen-bond acceptors (Lipinski definition) is 5. The molecule has 144 valence electrons. The Morgan fingerprint density at radius 1 is 1.22 bits per heavy atom. The predicted molar refractivity (Wildman–Crippen MR) is 93.7 cm³/mol. The standard InChI is InChI=1S/C19H22FN3O4/c20-14-9-12(13-2-4-16(24)22-17(13)25)1-3-15(14)27-18(26)23-10-19(11-23)5-7-21-8-6-19/h1,3,9,13,21H,2,4-8,10-11H2,(H,22,24,25). The molecular weight excluding hydrogens is 353 g/mol. The molecule has 3 heterocycles. The number of rotatable bonds is 2. The minimum Gasteiger partial charge on any atom is -0.407 e. The predicted octanol–water partition coefficient (Wildman–Crippen LogP) is 1.53. The lowest BCUT2D eigenvalue weighted by Gasteiger charge is -2.51. The van der Waals surface area contributed by atoms with E-state index in [2.05, 4.69) is 10.6 Å². The molecule has 0 bridgehead atoms. The fourth-order valence-corrected chi connectivity index (χ4v) is 4.15. The maximum absolute atomic E-state index is 14.4. The molecule has 3 saturated heterocycles. The van der Waals surface area contributed by atoms with Crippen molar-refractivity contribution in [1.29, 1.82) is 0 Å². The third kappa shape index (κ3) is 3.53. The maximum Gasteiger partial charge on any atom is 0.415 e. The van der Waals surface area contributed by atoms with Crippen molar-refractivity contribution in [3.8, 4) is 5.75 Å². The summed E-state index contributed by atoms with van der Waals surface area (Å²) in [6.07, 6.45) is 2.08. The maximum atomic E-state index is 14.4. The minimum atomic E-state index is -0.692. The molecule has 3 fully saturated rings. The number of imide groups is 1. The van der Waals surface area contributed by atoms with E-state index in [1.165, 1.54) is 12.1 Å². The van der Waals surface area contributed by atoms with Gasteiger partial charge in [-0.25, -0.2) is 9.18 Å². The van der Waals surface area contributed by atoms with Crippen LogP contribution in [0.4, 0.5) is 9.18 Å². The fourth-order valence-electron chi connectivity index (χ4n) is 4.15. The molecule has 7 nitrogen and oxygen atoms in total. The van der Waals surface area contributed by atoms with Gasteiger partial charge < -0.3 is 15.0 Å². The Morgan fingerprint density at radius 2 is 1.96 bits per heavy atom. The van der Waals surface area contributed by atoms with Gasteiger partial charge in [-0.1, -0.05) is 6.07 Å². The van der Waals surface area contributed by atoms with Gasteiger partial charge >= 0.3 is 6.09 Å². The van der Waals surface area contributed by atoms with Gasteiger partial charge in [-0.05, 0) is 50.0 Å². The lowest BCUT2D eigenvalue weighted by molar-refractivity contribution is -0.134. The van der Waals surface area contributed by atoms with Crippen LogP contribution in [0.2, 0.25) is 0 Å². The molecule has 0 aromatic heterocycles. The van der Waals surface area contributed by atoms with Gasteiger partial charge in [0.1, 0.15) is 0 Å². The lowest BCUT2D eigenvalue weighted by Crippen LogP contribution is -2.62. The van der Waals surface area contributed by atoms with Crippen LogP contribution in [0.1, 0.15) is 37.2 Å². The van der Waals surface area contributed by atoms with Crippen molar-refractivity contribution in [2.45, 2.75) is 31.6 Å². The summed E-state index contributed by atoms with van der Waals surface area (Å²) in [6.45, 7) is 3.20. The molecule has 27 heavy (non-hydrogen) atoms. The number of amides is 3. The molecule has 2 N–H and O–H groups in total. The molecule has 0 saturated carbocycles. The van der Waals surface area contributed by atoms with Gasteiger partial charge in [0, 0.05) is 24.9 Å². The van der Waals surface area contributed by atoms with Gasteiger partial charge in [0.25, 0.3) is 0 Å². The van der Waals surface area contributed by atoms with Crippen LogP contribution in [-0.2, 0) is 9.59 Å². The molecule has 1 aromatic carbocycles. The second kappa shape index (κ2) is 6.92. The Kier molecular flexibility index (Phi) is 4.59. The van der Waals surface area contributed by atoms with Crippen LogP contribution >= 0.6 is 0 Å². The summed E-state index contributed by atoms with van der Waals surface area (Å²) in [7, 11) is 0. The van der Waals surface area contributed by atoms with E-state index >= 15 is 0 Å². The number of likely N-dealkylation sites (tertiary alicyclic amines) is 1. The van der Waals surface area contributed by atoms with Gasteiger partial charge in [0.2, 0.25) is 11.8 Å². The molecule has 1 atom stereocenters. The zero-order valence-corrected chi connectivity index (χ0v) is 14.9. The molecule has 8 heteroatoms. The van der Waals surface area contributed by atoms with E-state index in [1.54, 1.807) is 11.0 Å². The number of halogens is 1. The van der Waals surface area contributed by atoms with E-state index in [-0.39, 0.29) is 23.5 Å². The summed E-state index contributed by atoms with van der Waals surface area (Å²) in [6, 6.07) is 4.13. The number of ether oxygens (including phenoxy) is 1. The lowest BCUT2D eigenvalue weighted by atomic mass is 9.73. The topological polar surface area (TPSA) is 87.7 Å². The van der Waals surface area contributed by atoms with E-state index in [1.807, 2.05) is 0 Å². The number of nitrogens with one attached hydrogen (secondary N) is 2. The number of nitrogens with zero attached hydrogens (tertiary/aromatic N) is 1. The number of benzene rings is 1. The highest BCUT2D eigenvalue weighted by Crippen LogP contribution is 2.39.